The second-order valence-corrected chi connectivity index (χ2v) is 7.05. The number of hydrazone groups is 2. The van der Waals surface area contributed by atoms with Crippen LogP contribution in [0.5, 0.6) is 0 Å². The number of halogens is 6. The largest absolute Gasteiger partial charge is 0.435 e. The smallest absolute Gasteiger partial charge is 0.271 e. The van der Waals surface area contributed by atoms with Crippen molar-refractivity contribution in [3.63, 3.8) is 0 Å². The first-order chi connectivity index (χ1) is 16.9. The standard InChI is InChI=1S/C20H16F6N8O2/c21-19(22,23)15-4-6-33(31-15)11-17(35)29-27-9-13-2-1-3-14(8-13)10-28-30-18(36)12-34-7-5-16(32-34)20(24,25)26/h1-10H,11-12H2,(H,29,35)(H,30,36). The van der Waals surface area contributed by atoms with Crippen molar-refractivity contribution >= 4 is 24.2 Å². The summed E-state index contributed by atoms with van der Waals surface area (Å²) >= 11 is 0. The molecule has 0 unspecified atom stereocenters. The summed E-state index contributed by atoms with van der Waals surface area (Å²) in [6.07, 6.45) is -4.65. The van der Waals surface area contributed by atoms with E-state index in [1.807, 2.05) is 0 Å². The van der Waals surface area contributed by atoms with Gasteiger partial charge in [0.15, 0.2) is 11.4 Å². The second kappa shape index (κ2) is 10.8. The topological polar surface area (TPSA) is 119 Å². The number of hydrogen-bond acceptors (Lipinski definition) is 6. The van der Waals surface area contributed by atoms with Crippen LogP contribution in [0.3, 0.4) is 0 Å². The van der Waals surface area contributed by atoms with Crippen LogP contribution in [0.1, 0.15) is 22.5 Å². The quantitative estimate of drug-likeness (QED) is 0.273. The number of carbonyl (C=O) groups excluding carboxylic acids is 2. The molecule has 0 spiro atoms. The van der Waals surface area contributed by atoms with Gasteiger partial charge in [-0.15, -0.1) is 0 Å². The van der Waals surface area contributed by atoms with E-state index in [2.05, 4.69) is 31.3 Å². The van der Waals surface area contributed by atoms with Gasteiger partial charge in [0.1, 0.15) is 13.1 Å². The highest BCUT2D eigenvalue weighted by Crippen LogP contribution is 2.27. The first kappa shape index (κ1) is 26.1. The number of hydrogen-bond donors (Lipinski definition) is 2. The third kappa shape index (κ3) is 7.78. The number of alkyl halides is 6. The molecule has 3 aromatic rings. The van der Waals surface area contributed by atoms with Gasteiger partial charge < -0.3 is 0 Å². The molecule has 0 bridgehead atoms. The van der Waals surface area contributed by atoms with Crippen molar-refractivity contribution in [2.24, 2.45) is 10.2 Å². The molecule has 16 heteroatoms. The molecule has 0 saturated carbocycles. The summed E-state index contributed by atoms with van der Waals surface area (Å²) < 4.78 is 76.9. The number of aromatic nitrogens is 4. The van der Waals surface area contributed by atoms with E-state index in [0.29, 0.717) is 11.1 Å². The van der Waals surface area contributed by atoms with Crippen molar-refractivity contribution in [2.45, 2.75) is 25.4 Å². The number of carbonyl (C=O) groups is 2. The Balaban J connectivity index is 1.47. The predicted octanol–water partition coefficient (Wildman–Crippen LogP) is 2.42. The molecule has 0 radical (unpaired) electrons. The fourth-order valence-corrected chi connectivity index (χ4v) is 2.64. The van der Waals surface area contributed by atoms with Gasteiger partial charge in [-0.1, -0.05) is 18.2 Å². The third-order valence-corrected chi connectivity index (χ3v) is 4.19. The van der Waals surface area contributed by atoms with Crippen LogP contribution in [0.2, 0.25) is 0 Å². The lowest BCUT2D eigenvalue weighted by atomic mass is 10.1. The highest BCUT2D eigenvalue weighted by Gasteiger charge is 2.34. The van der Waals surface area contributed by atoms with Crippen LogP contribution < -0.4 is 10.9 Å². The van der Waals surface area contributed by atoms with Gasteiger partial charge in [-0.2, -0.15) is 46.7 Å². The normalized spacial score (nSPS) is 12.4. The molecule has 36 heavy (non-hydrogen) atoms. The van der Waals surface area contributed by atoms with Crippen LogP contribution in [0.25, 0.3) is 0 Å². The monoisotopic (exact) mass is 514 g/mol. The molecule has 0 aliphatic heterocycles. The lowest BCUT2D eigenvalue weighted by Crippen LogP contribution is -2.24. The maximum atomic E-state index is 12.5. The summed E-state index contributed by atoms with van der Waals surface area (Å²) in [7, 11) is 0. The summed E-state index contributed by atoms with van der Waals surface area (Å²) in [6, 6.07) is 7.95. The summed E-state index contributed by atoms with van der Waals surface area (Å²) in [5.74, 6) is -1.41. The number of nitrogens with zero attached hydrogens (tertiary/aromatic N) is 6. The molecule has 2 aromatic heterocycles. The van der Waals surface area contributed by atoms with Crippen LogP contribution in [-0.4, -0.2) is 43.8 Å². The zero-order valence-corrected chi connectivity index (χ0v) is 18.0. The summed E-state index contributed by atoms with van der Waals surface area (Å²) in [5.41, 5.74) is 3.11. The highest BCUT2D eigenvalue weighted by atomic mass is 19.4. The van der Waals surface area contributed by atoms with Gasteiger partial charge >= 0.3 is 12.4 Å². The van der Waals surface area contributed by atoms with E-state index in [4.69, 9.17) is 0 Å². The van der Waals surface area contributed by atoms with Gasteiger partial charge in [-0.05, 0) is 29.3 Å². The Labute approximate surface area is 198 Å². The van der Waals surface area contributed by atoms with Crippen LogP contribution >= 0.6 is 0 Å². The van der Waals surface area contributed by atoms with Gasteiger partial charge in [0, 0.05) is 12.4 Å². The fourth-order valence-electron chi connectivity index (χ4n) is 2.64. The van der Waals surface area contributed by atoms with Crippen molar-refractivity contribution in [1.29, 1.82) is 0 Å². The molecule has 2 heterocycles. The molecular weight excluding hydrogens is 498 g/mol. The first-order valence-corrected chi connectivity index (χ1v) is 9.85. The van der Waals surface area contributed by atoms with Gasteiger partial charge in [0.05, 0.1) is 12.4 Å². The Kier molecular flexibility index (Phi) is 7.86. The number of rotatable bonds is 8. The van der Waals surface area contributed by atoms with E-state index in [-0.39, 0.29) is 0 Å². The number of amides is 2. The van der Waals surface area contributed by atoms with E-state index in [1.165, 1.54) is 12.4 Å². The zero-order chi connectivity index (χ0) is 26.3. The maximum Gasteiger partial charge on any atom is 0.435 e. The molecule has 3 rings (SSSR count). The van der Waals surface area contributed by atoms with Crippen molar-refractivity contribution in [3.8, 4) is 0 Å². The maximum absolute atomic E-state index is 12.5. The Morgan fingerprint density at radius 3 is 1.56 bits per heavy atom. The Morgan fingerprint density at radius 1 is 0.778 bits per heavy atom. The first-order valence-electron chi connectivity index (χ1n) is 9.85. The molecule has 0 fully saturated rings. The Bertz CT molecular complexity index is 1180. The number of benzene rings is 1. The average Bonchev–Trinajstić information content (AvgIpc) is 3.43. The molecular formula is C20H16F6N8O2. The summed E-state index contributed by atoms with van der Waals surface area (Å²) in [5, 5.41) is 14.0. The Morgan fingerprint density at radius 2 is 1.19 bits per heavy atom. The molecule has 1 aromatic carbocycles. The van der Waals surface area contributed by atoms with Crippen molar-refractivity contribution in [3.05, 3.63) is 71.3 Å². The molecule has 0 aliphatic rings. The molecule has 0 aliphatic carbocycles. The van der Waals surface area contributed by atoms with Gasteiger partial charge in [-0.3, -0.25) is 19.0 Å². The fraction of sp³-hybridized carbons (Fsp3) is 0.200. The molecule has 2 amide bonds. The number of nitrogens with one attached hydrogen (secondary N) is 2. The van der Waals surface area contributed by atoms with Crippen molar-refractivity contribution in [1.82, 2.24) is 30.4 Å². The average molecular weight is 514 g/mol. The van der Waals surface area contributed by atoms with E-state index in [0.717, 1.165) is 33.9 Å². The van der Waals surface area contributed by atoms with Gasteiger partial charge in [-0.25, -0.2) is 10.9 Å². The molecule has 2 N–H and O–H groups in total. The molecule has 0 atom stereocenters. The van der Waals surface area contributed by atoms with Crippen LogP contribution in [0, 0.1) is 0 Å². The summed E-state index contributed by atoms with van der Waals surface area (Å²) in [4.78, 5) is 23.6. The predicted molar refractivity (Wildman–Crippen MR) is 112 cm³/mol. The SMILES string of the molecule is O=C(Cn1ccc(C(F)(F)F)n1)NN=Cc1cccc(C=NNC(=O)Cn2ccc(C(F)(F)F)n2)c1. The van der Waals surface area contributed by atoms with Crippen molar-refractivity contribution in [2.75, 3.05) is 0 Å². The lowest BCUT2D eigenvalue weighted by molar-refractivity contribution is -0.142. The van der Waals surface area contributed by atoms with Gasteiger partial charge in [0.2, 0.25) is 0 Å². The lowest BCUT2D eigenvalue weighted by Gasteiger charge is -2.03. The van der Waals surface area contributed by atoms with Crippen LogP contribution in [0.15, 0.2) is 59.0 Å². The molecule has 0 saturated heterocycles. The Hall–Kier alpha value is -4.50. The summed E-state index contributed by atoms with van der Waals surface area (Å²) in [6.45, 7) is -0.953. The van der Waals surface area contributed by atoms with Crippen LogP contribution in [-0.2, 0) is 35.0 Å². The zero-order valence-electron chi connectivity index (χ0n) is 18.0. The van der Waals surface area contributed by atoms with Crippen molar-refractivity contribution < 1.29 is 35.9 Å². The third-order valence-electron chi connectivity index (χ3n) is 4.19. The second-order valence-electron chi connectivity index (χ2n) is 7.05. The molecule has 10 nitrogen and oxygen atoms in total. The highest BCUT2D eigenvalue weighted by molar-refractivity contribution is 5.87. The van der Waals surface area contributed by atoms with E-state index < -0.39 is 48.6 Å². The minimum absolute atomic E-state index is 0.476. The molecule has 190 valence electrons. The minimum Gasteiger partial charge on any atom is -0.271 e. The van der Waals surface area contributed by atoms with E-state index in [1.54, 1.807) is 24.3 Å². The van der Waals surface area contributed by atoms with Crippen LogP contribution in [0.4, 0.5) is 26.3 Å². The van der Waals surface area contributed by atoms with Gasteiger partial charge in [0.25, 0.3) is 11.8 Å². The minimum atomic E-state index is -4.61. The van der Waals surface area contributed by atoms with E-state index in [9.17, 15) is 35.9 Å². The van der Waals surface area contributed by atoms with E-state index >= 15 is 0 Å².